The number of rotatable bonds is 6. The lowest BCUT2D eigenvalue weighted by Crippen LogP contribution is -2.21. The molecule has 0 amide bonds. The third-order valence-electron chi connectivity index (χ3n) is 2.74. The van der Waals surface area contributed by atoms with E-state index in [9.17, 15) is 0 Å². The van der Waals surface area contributed by atoms with Crippen LogP contribution in [0.4, 0.5) is 0 Å². The Kier molecular flexibility index (Phi) is 4.42. The molecule has 18 heavy (non-hydrogen) atoms. The molecule has 0 radical (unpaired) electrons. The van der Waals surface area contributed by atoms with Gasteiger partial charge in [-0.05, 0) is 43.3 Å². The second-order valence-electron chi connectivity index (χ2n) is 4.01. The van der Waals surface area contributed by atoms with Crippen LogP contribution in [0.3, 0.4) is 0 Å². The summed E-state index contributed by atoms with van der Waals surface area (Å²) in [6, 6.07) is 12.1. The average Bonchev–Trinajstić information content (AvgIpc) is 2.90. The van der Waals surface area contributed by atoms with Gasteiger partial charge in [-0.15, -0.1) is 0 Å². The largest absolute Gasteiger partial charge is 0.494 e. The summed E-state index contributed by atoms with van der Waals surface area (Å²) in [7, 11) is 0. The summed E-state index contributed by atoms with van der Waals surface area (Å²) in [5, 5.41) is 3.42. The molecule has 3 heteroatoms. The van der Waals surface area contributed by atoms with Crippen molar-refractivity contribution in [1.82, 2.24) is 5.32 Å². The summed E-state index contributed by atoms with van der Waals surface area (Å²) in [6.07, 6.45) is 1.70. The summed E-state index contributed by atoms with van der Waals surface area (Å²) >= 11 is 0. The minimum Gasteiger partial charge on any atom is -0.494 e. The van der Waals surface area contributed by atoms with Gasteiger partial charge in [0.1, 0.15) is 11.5 Å². The predicted octanol–water partition coefficient (Wildman–Crippen LogP) is 3.38. The van der Waals surface area contributed by atoms with Crippen molar-refractivity contribution in [2.24, 2.45) is 0 Å². The molecule has 0 spiro atoms. The highest BCUT2D eigenvalue weighted by Crippen LogP contribution is 2.25. The van der Waals surface area contributed by atoms with Crippen LogP contribution in [0.2, 0.25) is 0 Å². The molecule has 1 aromatic carbocycles. The van der Waals surface area contributed by atoms with Crippen LogP contribution in [0.15, 0.2) is 47.1 Å². The van der Waals surface area contributed by atoms with Gasteiger partial charge in [-0.2, -0.15) is 0 Å². The summed E-state index contributed by atoms with van der Waals surface area (Å²) in [4.78, 5) is 0. The van der Waals surface area contributed by atoms with E-state index in [1.54, 1.807) is 6.26 Å². The highest BCUT2D eigenvalue weighted by molar-refractivity contribution is 5.34. The number of hydrogen-bond donors (Lipinski definition) is 1. The minimum atomic E-state index is 0.0745. The Morgan fingerprint density at radius 2 is 2.11 bits per heavy atom. The van der Waals surface area contributed by atoms with Gasteiger partial charge in [0.15, 0.2) is 0 Å². The van der Waals surface area contributed by atoms with Gasteiger partial charge >= 0.3 is 0 Å². The van der Waals surface area contributed by atoms with Crippen molar-refractivity contribution in [3.8, 4) is 5.75 Å². The van der Waals surface area contributed by atoms with Crippen molar-refractivity contribution in [3.05, 3.63) is 54.0 Å². The summed E-state index contributed by atoms with van der Waals surface area (Å²) in [5.74, 6) is 1.81. The smallest absolute Gasteiger partial charge is 0.125 e. The van der Waals surface area contributed by atoms with Gasteiger partial charge in [0.25, 0.3) is 0 Å². The second kappa shape index (κ2) is 6.26. The van der Waals surface area contributed by atoms with Crippen LogP contribution in [0.25, 0.3) is 0 Å². The lowest BCUT2D eigenvalue weighted by Gasteiger charge is -2.16. The van der Waals surface area contributed by atoms with Gasteiger partial charge in [0.05, 0.1) is 18.9 Å². The third-order valence-corrected chi connectivity index (χ3v) is 2.74. The predicted molar refractivity (Wildman–Crippen MR) is 71.8 cm³/mol. The molecule has 1 N–H and O–H groups in total. The van der Waals surface area contributed by atoms with Gasteiger partial charge in [-0.3, -0.25) is 0 Å². The minimum absolute atomic E-state index is 0.0745. The van der Waals surface area contributed by atoms with Gasteiger partial charge in [0.2, 0.25) is 0 Å². The second-order valence-corrected chi connectivity index (χ2v) is 4.01. The summed E-state index contributed by atoms with van der Waals surface area (Å²) in [5.41, 5.74) is 1.15. The molecule has 2 aromatic rings. The Morgan fingerprint density at radius 1 is 1.22 bits per heavy atom. The van der Waals surface area contributed by atoms with E-state index in [1.165, 1.54) is 0 Å². The van der Waals surface area contributed by atoms with E-state index in [1.807, 2.05) is 31.2 Å². The third kappa shape index (κ3) is 2.93. The Bertz CT molecular complexity index is 465. The Hall–Kier alpha value is -1.74. The van der Waals surface area contributed by atoms with Crippen molar-refractivity contribution in [2.75, 3.05) is 13.2 Å². The number of benzene rings is 1. The zero-order valence-corrected chi connectivity index (χ0v) is 10.8. The van der Waals surface area contributed by atoms with Crippen LogP contribution < -0.4 is 10.1 Å². The number of furan rings is 1. The maximum atomic E-state index is 5.53. The van der Waals surface area contributed by atoms with Gasteiger partial charge in [0, 0.05) is 0 Å². The van der Waals surface area contributed by atoms with Crippen molar-refractivity contribution >= 4 is 0 Å². The molecule has 0 bridgehead atoms. The molecule has 0 aliphatic carbocycles. The molecule has 1 atom stereocenters. The average molecular weight is 245 g/mol. The van der Waals surface area contributed by atoms with Crippen LogP contribution in [-0.2, 0) is 0 Å². The molecule has 3 nitrogen and oxygen atoms in total. The molecule has 0 saturated heterocycles. The van der Waals surface area contributed by atoms with Crippen LogP contribution in [-0.4, -0.2) is 13.2 Å². The zero-order chi connectivity index (χ0) is 12.8. The fraction of sp³-hybridized carbons (Fsp3) is 0.333. The molecule has 2 rings (SSSR count). The van der Waals surface area contributed by atoms with E-state index in [2.05, 4.69) is 24.4 Å². The first-order valence-electron chi connectivity index (χ1n) is 6.34. The molecule has 0 aliphatic heterocycles. The zero-order valence-electron chi connectivity index (χ0n) is 10.8. The van der Waals surface area contributed by atoms with Gasteiger partial charge in [-0.1, -0.05) is 19.1 Å². The quantitative estimate of drug-likeness (QED) is 0.847. The van der Waals surface area contributed by atoms with Crippen molar-refractivity contribution < 1.29 is 9.15 Å². The first-order valence-corrected chi connectivity index (χ1v) is 6.34. The SMILES string of the molecule is CCNC(c1cccc(OCC)c1)c1ccco1. The van der Waals surface area contributed by atoms with E-state index in [0.717, 1.165) is 23.6 Å². The first-order chi connectivity index (χ1) is 8.85. The normalized spacial score (nSPS) is 12.3. The molecular formula is C15H19NO2. The maximum Gasteiger partial charge on any atom is 0.125 e. The number of ether oxygens (including phenoxy) is 1. The molecule has 0 fully saturated rings. The maximum absolute atomic E-state index is 5.53. The Balaban J connectivity index is 2.27. The highest BCUT2D eigenvalue weighted by Gasteiger charge is 2.15. The topological polar surface area (TPSA) is 34.4 Å². The molecule has 1 aromatic heterocycles. The van der Waals surface area contributed by atoms with Crippen molar-refractivity contribution in [3.63, 3.8) is 0 Å². The van der Waals surface area contributed by atoms with Crippen LogP contribution >= 0.6 is 0 Å². The lowest BCUT2D eigenvalue weighted by atomic mass is 10.0. The van der Waals surface area contributed by atoms with Crippen molar-refractivity contribution in [1.29, 1.82) is 0 Å². The first kappa shape index (κ1) is 12.7. The van der Waals surface area contributed by atoms with E-state index < -0.39 is 0 Å². The van der Waals surface area contributed by atoms with E-state index >= 15 is 0 Å². The van der Waals surface area contributed by atoms with Gasteiger partial charge in [-0.25, -0.2) is 0 Å². The van der Waals surface area contributed by atoms with Crippen LogP contribution in [0, 0.1) is 0 Å². The van der Waals surface area contributed by atoms with Crippen LogP contribution in [0.5, 0.6) is 5.75 Å². The van der Waals surface area contributed by atoms with Crippen LogP contribution in [0.1, 0.15) is 31.2 Å². The summed E-state index contributed by atoms with van der Waals surface area (Å²) < 4.78 is 11.0. The molecule has 96 valence electrons. The highest BCUT2D eigenvalue weighted by atomic mass is 16.5. The van der Waals surface area contributed by atoms with E-state index in [0.29, 0.717) is 6.61 Å². The fourth-order valence-corrected chi connectivity index (χ4v) is 1.99. The van der Waals surface area contributed by atoms with E-state index in [-0.39, 0.29) is 6.04 Å². The molecule has 1 unspecified atom stereocenters. The molecule has 1 heterocycles. The monoisotopic (exact) mass is 245 g/mol. The van der Waals surface area contributed by atoms with Gasteiger partial charge < -0.3 is 14.5 Å². The standard InChI is InChI=1S/C15H19NO2/c1-3-16-15(14-9-6-10-18-14)12-7-5-8-13(11-12)17-4-2/h5-11,15-16H,3-4H2,1-2H3. The van der Waals surface area contributed by atoms with Crippen molar-refractivity contribution in [2.45, 2.75) is 19.9 Å². The summed E-state index contributed by atoms with van der Waals surface area (Å²) in [6.45, 7) is 5.63. The lowest BCUT2D eigenvalue weighted by molar-refractivity contribution is 0.339. The molecule has 0 saturated carbocycles. The fourth-order valence-electron chi connectivity index (χ4n) is 1.99. The molecule has 0 aliphatic rings. The Morgan fingerprint density at radius 3 is 2.78 bits per heavy atom. The van der Waals surface area contributed by atoms with E-state index in [4.69, 9.17) is 9.15 Å². The Labute approximate surface area is 108 Å². The number of nitrogens with one attached hydrogen (secondary N) is 1. The number of hydrogen-bond acceptors (Lipinski definition) is 3. The molecular weight excluding hydrogens is 226 g/mol.